The number of aliphatic hydroxyl groups excluding tert-OH is 1. The molecular formula is C16H29N3O6. The Hall–Kier alpha value is -2.16. The molecule has 0 aliphatic rings. The van der Waals surface area contributed by atoms with Gasteiger partial charge in [0.05, 0.1) is 13.7 Å². The molecule has 0 spiro atoms. The summed E-state index contributed by atoms with van der Waals surface area (Å²) in [6.45, 7) is 5.78. The van der Waals surface area contributed by atoms with Crippen molar-refractivity contribution in [1.29, 1.82) is 0 Å². The Morgan fingerprint density at radius 1 is 1.20 bits per heavy atom. The second-order valence-corrected chi connectivity index (χ2v) is 6.76. The van der Waals surface area contributed by atoms with Crippen LogP contribution < -0.4 is 10.6 Å². The number of amides is 3. The van der Waals surface area contributed by atoms with E-state index < -0.39 is 41.9 Å². The van der Waals surface area contributed by atoms with Crippen molar-refractivity contribution in [3.05, 3.63) is 0 Å². The third-order valence-electron chi connectivity index (χ3n) is 3.43. The topological polar surface area (TPSA) is 125 Å². The molecule has 9 heteroatoms. The maximum absolute atomic E-state index is 12.5. The lowest BCUT2D eigenvalue weighted by molar-refractivity contribution is -0.149. The number of esters is 1. The minimum absolute atomic E-state index is 0.106. The van der Waals surface area contributed by atoms with Gasteiger partial charge in [0.15, 0.2) is 0 Å². The highest BCUT2D eigenvalue weighted by atomic mass is 16.5. The van der Waals surface area contributed by atoms with Crippen molar-refractivity contribution < 1.29 is 29.0 Å². The highest BCUT2D eigenvalue weighted by Gasteiger charge is 2.33. The monoisotopic (exact) mass is 359 g/mol. The fourth-order valence-electron chi connectivity index (χ4n) is 2.07. The van der Waals surface area contributed by atoms with Gasteiger partial charge in [-0.25, -0.2) is 4.79 Å². The molecule has 0 saturated heterocycles. The lowest BCUT2D eigenvalue weighted by atomic mass is 10.00. The minimum atomic E-state index is -1.24. The van der Waals surface area contributed by atoms with E-state index in [1.54, 1.807) is 0 Å². The Bertz CT molecular complexity index is 504. The molecule has 0 aromatic carbocycles. The lowest BCUT2D eigenvalue weighted by Crippen LogP contribution is -2.57. The average molecular weight is 359 g/mol. The lowest BCUT2D eigenvalue weighted by Gasteiger charge is -2.28. The van der Waals surface area contributed by atoms with Crippen LogP contribution in [0, 0.1) is 5.92 Å². The average Bonchev–Trinajstić information content (AvgIpc) is 2.51. The molecule has 0 rings (SSSR count). The molecule has 0 aliphatic carbocycles. The van der Waals surface area contributed by atoms with Gasteiger partial charge in [-0.05, 0) is 26.2 Å². The molecule has 25 heavy (non-hydrogen) atoms. The van der Waals surface area contributed by atoms with Gasteiger partial charge < -0.3 is 25.4 Å². The van der Waals surface area contributed by atoms with Crippen LogP contribution in [0.25, 0.3) is 0 Å². The fraction of sp³-hybridized carbons (Fsp3) is 0.750. The number of nitrogens with one attached hydrogen (secondary N) is 2. The van der Waals surface area contributed by atoms with E-state index in [0.717, 1.165) is 4.90 Å². The van der Waals surface area contributed by atoms with E-state index in [0.29, 0.717) is 6.42 Å². The van der Waals surface area contributed by atoms with Crippen LogP contribution in [0.15, 0.2) is 0 Å². The molecule has 9 nitrogen and oxygen atoms in total. The van der Waals surface area contributed by atoms with Crippen molar-refractivity contribution >= 4 is 23.7 Å². The van der Waals surface area contributed by atoms with Crippen LogP contribution in [0.2, 0.25) is 0 Å². The number of ether oxygens (including phenoxy) is 1. The second kappa shape index (κ2) is 9.97. The summed E-state index contributed by atoms with van der Waals surface area (Å²) in [7, 11) is 2.59. The number of methoxy groups -OCH3 is 1. The first-order valence-corrected chi connectivity index (χ1v) is 7.99. The third kappa shape index (κ3) is 7.97. The van der Waals surface area contributed by atoms with Crippen molar-refractivity contribution in [2.75, 3.05) is 27.3 Å². The fourth-order valence-corrected chi connectivity index (χ4v) is 2.07. The van der Waals surface area contributed by atoms with Gasteiger partial charge in [-0.15, -0.1) is 0 Å². The summed E-state index contributed by atoms with van der Waals surface area (Å²) < 4.78 is 4.64. The standard InChI is InChI=1S/C16H29N3O6/c1-10(2)7-11(14(23)18-16(3,4)15(24)25-6)17-12(21)8-19(5)13(22)9-20/h10-11,20H,7-9H2,1-6H3,(H,17,21)(H,18,23). The van der Waals surface area contributed by atoms with Crippen molar-refractivity contribution in [3.8, 4) is 0 Å². The minimum Gasteiger partial charge on any atom is -0.467 e. The molecule has 144 valence electrons. The molecule has 3 amide bonds. The zero-order valence-corrected chi connectivity index (χ0v) is 15.7. The van der Waals surface area contributed by atoms with Crippen molar-refractivity contribution in [1.82, 2.24) is 15.5 Å². The van der Waals surface area contributed by atoms with E-state index in [1.807, 2.05) is 13.8 Å². The molecule has 0 heterocycles. The molecule has 0 aromatic heterocycles. The summed E-state index contributed by atoms with van der Waals surface area (Å²) in [5, 5.41) is 13.9. The smallest absolute Gasteiger partial charge is 0.330 e. The largest absolute Gasteiger partial charge is 0.467 e. The van der Waals surface area contributed by atoms with Crippen LogP contribution in [0.1, 0.15) is 34.1 Å². The highest BCUT2D eigenvalue weighted by Crippen LogP contribution is 2.09. The predicted molar refractivity (Wildman–Crippen MR) is 90.3 cm³/mol. The van der Waals surface area contributed by atoms with E-state index >= 15 is 0 Å². The molecule has 0 radical (unpaired) electrons. The van der Waals surface area contributed by atoms with Crippen molar-refractivity contribution in [3.63, 3.8) is 0 Å². The van der Waals surface area contributed by atoms with Gasteiger partial charge in [-0.2, -0.15) is 0 Å². The van der Waals surface area contributed by atoms with Gasteiger partial charge in [-0.1, -0.05) is 13.8 Å². The Kier molecular flexibility index (Phi) is 9.11. The highest BCUT2D eigenvalue weighted by molar-refractivity contribution is 5.93. The van der Waals surface area contributed by atoms with Gasteiger partial charge in [0, 0.05) is 7.05 Å². The van der Waals surface area contributed by atoms with E-state index in [9.17, 15) is 19.2 Å². The van der Waals surface area contributed by atoms with Crippen molar-refractivity contribution in [2.45, 2.75) is 45.7 Å². The maximum Gasteiger partial charge on any atom is 0.330 e. The number of hydrogen-bond donors (Lipinski definition) is 3. The Balaban J connectivity index is 5.00. The number of likely N-dealkylation sites (N-methyl/N-ethyl adjacent to an activating group) is 1. The van der Waals surface area contributed by atoms with Gasteiger partial charge >= 0.3 is 5.97 Å². The zero-order chi connectivity index (χ0) is 19.8. The Labute approximate surface area is 148 Å². The van der Waals surface area contributed by atoms with Crippen LogP contribution in [-0.4, -0.2) is 72.6 Å². The quantitative estimate of drug-likeness (QED) is 0.455. The zero-order valence-electron chi connectivity index (χ0n) is 15.7. The molecule has 3 N–H and O–H groups in total. The van der Waals surface area contributed by atoms with Crippen molar-refractivity contribution in [2.24, 2.45) is 5.92 Å². The first-order valence-electron chi connectivity index (χ1n) is 7.99. The van der Waals surface area contributed by atoms with Crippen LogP contribution in [0.5, 0.6) is 0 Å². The summed E-state index contributed by atoms with van der Waals surface area (Å²) >= 11 is 0. The summed E-state index contributed by atoms with van der Waals surface area (Å²) in [4.78, 5) is 48.6. The molecular weight excluding hydrogens is 330 g/mol. The van der Waals surface area contributed by atoms with Gasteiger partial charge in [0.25, 0.3) is 0 Å². The van der Waals surface area contributed by atoms with Gasteiger partial charge in [-0.3, -0.25) is 14.4 Å². The maximum atomic E-state index is 12.5. The molecule has 1 unspecified atom stereocenters. The van der Waals surface area contributed by atoms with Crippen LogP contribution in [0.4, 0.5) is 0 Å². The summed E-state index contributed by atoms with van der Waals surface area (Å²) in [5.41, 5.74) is -1.24. The van der Waals surface area contributed by atoms with E-state index in [4.69, 9.17) is 5.11 Å². The second-order valence-electron chi connectivity index (χ2n) is 6.76. The van der Waals surface area contributed by atoms with E-state index in [1.165, 1.54) is 28.0 Å². The number of rotatable bonds is 9. The normalized spacial score (nSPS) is 12.3. The van der Waals surface area contributed by atoms with Gasteiger partial charge in [0.2, 0.25) is 17.7 Å². The van der Waals surface area contributed by atoms with E-state index in [2.05, 4.69) is 15.4 Å². The number of nitrogens with zero attached hydrogens (tertiary/aromatic N) is 1. The molecule has 0 aromatic rings. The summed E-state index contributed by atoms with van der Waals surface area (Å²) in [6, 6.07) is -0.867. The van der Waals surface area contributed by atoms with Crippen LogP contribution in [-0.2, 0) is 23.9 Å². The Morgan fingerprint density at radius 2 is 1.76 bits per heavy atom. The third-order valence-corrected chi connectivity index (χ3v) is 3.43. The SMILES string of the molecule is COC(=O)C(C)(C)NC(=O)C(CC(C)C)NC(=O)CN(C)C(=O)CO. The molecule has 0 aliphatic heterocycles. The molecule has 0 bridgehead atoms. The van der Waals surface area contributed by atoms with Gasteiger partial charge in [0.1, 0.15) is 18.2 Å². The van der Waals surface area contributed by atoms with Crippen LogP contribution >= 0.6 is 0 Å². The van der Waals surface area contributed by atoms with E-state index in [-0.39, 0.29) is 12.5 Å². The number of hydrogen-bond acceptors (Lipinski definition) is 6. The molecule has 0 saturated carbocycles. The summed E-state index contributed by atoms with van der Waals surface area (Å²) in [6.07, 6.45) is 0.354. The number of carbonyl (C=O) groups is 4. The first kappa shape index (κ1) is 22.8. The first-order chi connectivity index (χ1) is 11.4. The number of carbonyl (C=O) groups excluding carboxylic acids is 4. The summed E-state index contributed by atoms with van der Waals surface area (Å²) in [5.74, 6) is -2.17. The Morgan fingerprint density at radius 3 is 2.20 bits per heavy atom. The molecule has 0 fully saturated rings. The molecule has 1 atom stereocenters. The number of aliphatic hydroxyl groups is 1. The predicted octanol–water partition coefficient (Wildman–Crippen LogP) is -0.964. The van der Waals surface area contributed by atoms with Crippen LogP contribution in [0.3, 0.4) is 0 Å².